The quantitative estimate of drug-likeness (QED) is 0.263. The zero-order valence-corrected chi connectivity index (χ0v) is 13.5. The van der Waals surface area contributed by atoms with Gasteiger partial charge in [0, 0.05) is 6.54 Å². The van der Waals surface area contributed by atoms with Crippen molar-refractivity contribution >= 4 is 49.0 Å². The van der Waals surface area contributed by atoms with Gasteiger partial charge in [0.2, 0.25) is 0 Å². The third kappa shape index (κ3) is 4.80. The van der Waals surface area contributed by atoms with E-state index in [1.54, 1.807) is 0 Å². The Kier molecular flexibility index (Phi) is 7.63. The van der Waals surface area contributed by atoms with E-state index in [9.17, 15) is 0 Å². The molecule has 0 aromatic carbocycles. The number of hydrogen-bond acceptors (Lipinski definition) is 10. The Morgan fingerprint density at radius 3 is 2.90 bits per heavy atom. The summed E-state index contributed by atoms with van der Waals surface area (Å²) in [6.45, 7) is 3.03. The van der Waals surface area contributed by atoms with Crippen molar-refractivity contribution in [3.8, 4) is 0 Å². The Morgan fingerprint density at radius 2 is 2.25 bits per heavy atom. The predicted octanol–water partition coefficient (Wildman–Crippen LogP) is 0.668. The first kappa shape index (κ1) is 17.5. The van der Waals surface area contributed by atoms with Gasteiger partial charge < -0.3 is 30.5 Å². The van der Waals surface area contributed by atoms with Crippen molar-refractivity contribution in [2.75, 3.05) is 35.5 Å². The molecule has 1 aliphatic heterocycles. The average molecular weight is 339 g/mol. The number of nitrogens with two attached hydrogens (primary N) is 1. The van der Waals surface area contributed by atoms with Gasteiger partial charge in [0.25, 0.3) is 0 Å². The van der Waals surface area contributed by atoms with Crippen LogP contribution >= 0.6 is 31.7 Å². The molecule has 0 spiro atoms. The van der Waals surface area contributed by atoms with E-state index >= 15 is 0 Å². The van der Waals surface area contributed by atoms with Crippen LogP contribution in [0.2, 0.25) is 0 Å². The lowest BCUT2D eigenvalue weighted by Gasteiger charge is -2.21. The summed E-state index contributed by atoms with van der Waals surface area (Å²) < 4.78 is 5.30. The second-order valence-corrected chi connectivity index (χ2v) is 5.00. The summed E-state index contributed by atoms with van der Waals surface area (Å²) in [6, 6.07) is 0. The lowest BCUT2D eigenvalue weighted by atomic mass is 10.3. The molecule has 8 nitrogen and oxygen atoms in total. The number of nitrogen functional groups attached to an aromatic ring is 1. The number of hydrogen-bond donors (Lipinski definition) is 6. The highest BCUT2D eigenvalue weighted by Gasteiger charge is 2.24. The van der Waals surface area contributed by atoms with Crippen LogP contribution in [0.5, 0.6) is 0 Å². The molecule has 2 rings (SSSR count). The number of anilines is 3. The second-order valence-electron chi connectivity index (χ2n) is 3.99. The molecule has 0 amide bonds. The van der Waals surface area contributed by atoms with Crippen molar-refractivity contribution in [1.29, 1.82) is 0 Å². The maximum absolute atomic E-state index is 8.79. The van der Waals surface area contributed by atoms with E-state index in [2.05, 4.69) is 38.6 Å². The summed E-state index contributed by atoms with van der Waals surface area (Å²) >= 11 is 6.44. The van der Waals surface area contributed by atoms with E-state index in [1.165, 1.54) is 6.33 Å². The maximum atomic E-state index is 8.79. The Labute approximate surface area is 128 Å². The van der Waals surface area contributed by atoms with Gasteiger partial charge in [0.05, 0.1) is 12.8 Å². The number of nitrogens with zero attached hydrogens (tertiary/aromatic N) is 3. The van der Waals surface area contributed by atoms with E-state index in [0.717, 1.165) is 11.5 Å². The van der Waals surface area contributed by atoms with Crippen molar-refractivity contribution < 1.29 is 14.5 Å². The molecule has 2 heterocycles. The topological polar surface area (TPSA) is 117 Å². The number of rotatable bonds is 5. The van der Waals surface area contributed by atoms with Crippen molar-refractivity contribution in [2.45, 2.75) is 13.0 Å². The molecular formula is C9H18N5O3PS2. The number of fused-ring (bicyclic) bond motifs is 1. The summed E-state index contributed by atoms with van der Waals surface area (Å²) in [5.74, 6) is 1.17. The third-order valence-electron chi connectivity index (χ3n) is 2.55. The fourth-order valence-electron chi connectivity index (χ4n) is 1.76. The van der Waals surface area contributed by atoms with E-state index in [4.69, 9.17) is 20.3 Å². The molecule has 0 fully saturated rings. The van der Waals surface area contributed by atoms with E-state index in [-0.39, 0.29) is 12.5 Å². The first-order chi connectivity index (χ1) is 9.58. The zero-order chi connectivity index (χ0) is 15.1. The Hall–Kier alpha value is -0.510. The van der Waals surface area contributed by atoms with Gasteiger partial charge in [-0.3, -0.25) is 0 Å². The molecule has 1 aromatic heterocycles. The third-order valence-corrected chi connectivity index (χ3v) is 2.93. The normalized spacial score (nSPS) is 14.4. The maximum Gasteiger partial charge on any atom is 0.192 e. The smallest absolute Gasteiger partial charge is 0.192 e. The number of ether oxygens (including phenoxy) is 1. The molecule has 0 radical (unpaired) electrons. The van der Waals surface area contributed by atoms with Crippen LogP contribution < -0.4 is 16.0 Å². The number of aromatic nitrogens is 2. The van der Waals surface area contributed by atoms with Gasteiger partial charge in [0.15, 0.2) is 20.0 Å². The molecule has 5 N–H and O–H groups in total. The highest BCUT2D eigenvalue weighted by molar-refractivity contribution is 8.59. The average Bonchev–Trinajstić information content (AvgIpc) is 2.84. The minimum atomic E-state index is -2.01. The SMILES string of the molecule is CC(CN1CNc2c(N)ncnc21)OCP(O)O.SS. The standard InChI is InChI=1S/C9H16N5O3P.H2S2/c1-6(17-5-18(15)16)2-14-4-13-7-8(10)11-3-12-9(7)14;1-2/h3,6,13,15-16H,2,4-5H2,1H3,(H2,10,11,12);1-2H. The minimum absolute atomic E-state index is 0.0451. The first-order valence-corrected chi connectivity index (χ1v) is 8.67. The lowest BCUT2D eigenvalue weighted by molar-refractivity contribution is 0.0997. The van der Waals surface area contributed by atoms with Crippen molar-refractivity contribution in [2.24, 2.45) is 0 Å². The number of thiol groups is 2. The van der Waals surface area contributed by atoms with Crippen molar-refractivity contribution in [3.63, 3.8) is 0 Å². The van der Waals surface area contributed by atoms with Crippen LogP contribution in [-0.4, -0.2) is 45.4 Å². The largest absolute Gasteiger partial charge is 0.382 e. The van der Waals surface area contributed by atoms with Gasteiger partial charge in [-0.25, -0.2) is 9.97 Å². The van der Waals surface area contributed by atoms with Gasteiger partial charge >= 0.3 is 0 Å². The van der Waals surface area contributed by atoms with Gasteiger partial charge in [-0.15, -0.1) is 23.3 Å². The van der Waals surface area contributed by atoms with E-state index in [1.807, 2.05) is 11.8 Å². The monoisotopic (exact) mass is 339 g/mol. The summed E-state index contributed by atoms with van der Waals surface area (Å²) in [6.07, 6.45) is 1.23. The van der Waals surface area contributed by atoms with Gasteiger partial charge in [-0.2, -0.15) is 0 Å². The highest BCUT2D eigenvalue weighted by Crippen LogP contribution is 2.32. The second kappa shape index (κ2) is 8.71. The molecule has 1 atom stereocenters. The van der Waals surface area contributed by atoms with E-state index < -0.39 is 8.38 Å². The van der Waals surface area contributed by atoms with Crippen LogP contribution in [0.3, 0.4) is 0 Å². The molecule has 1 aliphatic rings. The Morgan fingerprint density at radius 1 is 1.55 bits per heavy atom. The van der Waals surface area contributed by atoms with Crippen molar-refractivity contribution in [1.82, 2.24) is 9.97 Å². The van der Waals surface area contributed by atoms with Crippen LogP contribution in [-0.2, 0) is 4.74 Å². The molecule has 114 valence electrons. The molecule has 11 heteroatoms. The molecule has 0 saturated heterocycles. The summed E-state index contributed by atoms with van der Waals surface area (Å²) in [5.41, 5.74) is 6.46. The molecule has 0 bridgehead atoms. The Balaban J connectivity index is 0.000000956. The van der Waals surface area contributed by atoms with Crippen LogP contribution in [0.4, 0.5) is 17.3 Å². The van der Waals surface area contributed by atoms with Gasteiger partial charge in [-0.05, 0) is 6.92 Å². The van der Waals surface area contributed by atoms with Gasteiger partial charge in [0.1, 0.15) is 18.4 Å². The zero-order valence-electron chi connectivity index (χ0n) is 10.8. The Bertz CT molecular complexity index is 429. The predicted molar refractivity (Wildman–Crippen MR) is 87.0 cm³/mol. The highest BCUT2D eigenvalue weighted by atomic mass is 33.1. The van der Waals surface area contributed by atoms with Gasteiger partial charge in [-0.1, -0.05) is 0 Å². The fourth-order valence-corrected chi connectivity index (χ4v) is 2.14. The summed E-state index contributed by atoms with van der Waals surface area (Å²) in [7, 11) is -2.01. The van der Waals surface area contributed by atoms with Crippen LogP contribution in [0, 0.1) is 0 Å². The van der Waals surface area contributed by atoms with Crippen LogP contribution in [0.1, 0.15) is 6.92 Å². The molecule has 1 unspecified atom stereocenters. The lowest BCUT2D eigenvalue weighted by Crippen LogP contribution is -2.32. The van der Waals surface area contributed by atoms with Crippen molar-refractivity contribution in [3.05, 3.63) is 6.33 Å². The van der Waals surface area contributed by atoms with E-state index in [0.29, 0.717) is 19.0 Å². The first-order valence-electron chi connectivity index (χ1n) is 5.64. The molecular weight excluding hydrogens is 321 g/mol. The molecule has 1 aromatic rings. The minimum Gasteiger partial charge on any atom is -0.382 e. The van der Waals surface area contributed by atoms with Crippen LogP contribution in [0.25, 0.3) is 0 Å². The summed E-state index contributed by atoms with van der Waals surface area (Å²) in [5, 5.41) is 3.11. The van der Waals surface area contributed by atoms with Crippen LogP contribution in [0.15, 0.2) is 6.33 Å². The fraction of sp³-hybridized carbons (Fsp3) is 0.556. The summed E-state index contributed by atoms with van der Waals surface area (Å²) in [4.78, 5) is 27.6. The molecule has 20 heavy (non-hydrogen) atoms. The number of nitrogens with one attached hydrogen (secondary N) is 1. The molecule has 0 aliphatic carbocycles. The molecule has 0 saturated carbocycles.